The molecule has 19 heavy (non-hydrogen) atoms. The lowest BCUT2D eigenvalue weighted by Crippen LogP contribution is -2.46. The van der Waals surface area contributed by atoms with Crippen LogP contribution in [0.5, 0.6) is 0 Å². The van der Waals surface area contributed by atoms with E-state index in [0.29, 0.717) is 6.61 Å². The minimum Gasteiger partial charge on any atom is -0.395 e. The first-order chi connectivity index (χ1) is 9.29. The van der Waals surface area contributed by atoms with Crippen molar-refractivity contribution in [2.75, 3.05) is 26.4 Å². The summed E-state index contributed by atoms with van der Waals surface area (Å²) in [6, 6.07) is 8.32. The molecule has 2 aromatic rings. The summed E-state index contributed by atoms with van der Waals surface area (Å²) >= 11 is 0. The number of nitrogens with zero attached hydrogens (tertiary/aromatic N) is 3. The molecule has 5 heteroatoms. The lowest BCUT2D eigenvalue weighted by molar-refractivity contribution is -0.0316. The third-order valence-electron chi connectivity index (χ3n) is 3.75. The molecule has 0 saturated carbocycles. The highest BCUT2D eigenvalue weighted by molar-refractivity contribution is 5.81. The summed E-state index contributed by atoms with van der Waals surface area (Å²) in [5.41, 5.74) is 2.21. The molecule has 1 unspecified atom stereocenters. The Bertz CT molecular complexity index is 567. The van der Waals surface area contributed by atoms with Crippen LogP contribution in [0.1, 0.15) is 5.69 Å². The van der Waals surface area contributed by atoms with Crippen LogP contribution < -0.4 is 0 Å². The van der Waals surface area contributed by atoms with Crippen LogP contribution in [0.3, 0.4) is 0 Å². The van der Waals surface area contributed by atoms with Gasteiger partial charge in [0.2, 0.25) is 0 Å². The molecule has 102 valence electrons. The van der Waals surface area contributed by atoms with Crippen molar-refractivity contribution in [1.29, 1.82) is 0 Å². The summed E-state index contributed by atoms with van der Waals surface area (Å²) in [5.74, 6) is 0. The second-order valence-electron chi connectivity index (χ2n) is 4.97. The van der Waals surface area contributed by atoms with E-state index in [-0.39, 0.29) is 12.6 Å². The first-order valence-corrected chi connectivity index (χ1v) is 6.63. The van der Waals surface area contributed by atoms with E-state index in [0.717, 1.165) is 30.9 Å². The molecule has 1 saturated heterocycles. The van der Waals surface area contributed by atoms with Crippen LogP contribution in [-0.4, -0.2) is 52.2 Å². The van der Waals surface area contributed by atoms with Gasteiger partial charge in [-0.15, -0.1) is 0 Å². The molecule has 0 amide bonds. The van der Waals surface area contributed by atoms with Crippen LogP contribution in [0.15, 0.2) is 24.3 Å². The summed E-state index contributed by atoms with van der Waals surface area (Å²) in [7, 11) is 1.97. The number of rotatable bonds is 3. The molecular weight excluding hydrogens is 242 g/mol. The van der Waals surface area contributed by atoms with E-state index in [4.69, 9.17) is 4.74 Å². The van der Waals surface area contributed by atoms with Crippen LogP contribution in [0.4, 0.5) is 0 Å². The predicted molar refractivity (Wildman–Crippen MR) is 72.8 cm³/mol. The van der Waals surface area contributed by atoms with Crippen molar-refractivity contribution >= 4 is 10.9 Å². The zero-order chi connectivity index (χ0) is 13.2. The van der Waals surface area contributed by atoms with Gasteiger partial charge in [0.05, 0.1) is 37.1 Å². The molecule has 1 aliphatic rings. The maximum Gasteiger partial charge on any atom is 0.0843 e. The molecule has 0 bridgehead atoms. The van der Waals surface area contributed by atoms with E-state index in [9.17, 15) is 5.11 Å². The third kappa shape index (κ3) is 2.36. The molecule has 1 fully saturated rings. The van der Waals surface area contributed by atoms with Gasteiger partial charge < -0.3 is 9.84 Å². The molecule has 5 nitrogen and oxygen atoms in total. The van der Waals surface area contributed by atoms with Crippen LogP contribution in [0.2, 0.25) is 0 Å². The highest BCUT2D eigenvalue weighted by Crippen LogP contribution is 2.20. The normalized spacial score (nSPS) is 21.1. The monoisotopic (exact) mass is 261 g/mol. The zero-order valence-corrected chi connectivity index (χ0v) is 11.1. The SMILES string of the molecule is Cn1nc(CN2CCOCC2CO)c2ccccc21. The van der Waals surface area contributed by atoms with Gasteiger partial charge >= 0.3 is 0 Å². The van der Waals surface area contributed by atoms with Gasteiger partial charge in [-0.3, -0.25) is 9.58 Å². The number of aliphatic hydroxyl groups excluding tert-OH is 1. The summed E-state index contributed by atoms with van der Waals surface area (Å²) in [6.45, 7) is 3.05. The minimum absolute atomic E-state index is 0.0783. The quantitative estimate of drug-likeness (QED) is 0.886. The van der Waals surface area contributed by atoms with Gasteiger partial charge in [0.15, 0.2) is 0 Å². The number of fused-ring (bicyclic) bond motifs is 1. The molecule has 0 spiro atoms. The number of hydrogen-bond donors (Lipinski definition) is 1. The number of ether oxygens (including phenoxy) is 1. The maximum atomic E-state index is 9.41. The van der Waals surface area contributed by atoms with Gasteiger partial charge in [-0.25, -0.2) is 0 Å². The number of benzene rings is 1. The van der Waals surface area contributed by atoms with Gasteiger partial charge in [-0.2, -0.15) is 5.10 Å². The lowest BCUT2D eigenvalue weighted by Gasteiger charge is -2.33. The second kappa shape index (κ2) is 5.28. The van der Waals surface area contributed by atoms with Crippen molar-refractivity contribution in [3.05, 3.63) is 30.0 Å². The fraction of sp³-hybridized carbons (Fsp3) is 0.500. The fourth-order valence-corrected chi connectivity index (χ4v) is 2.66. The van der Waals surface area contributed by atoms with Crippen molar-refractivity contribution in [1.82, 2.24) is 14.7 Å². The number of morpholine rings is 1. The van der Waals surface area contributed by atoms with Crippen LogP contribution >= 0.6 is 0 Å². The standard InChI is InChI=1S/C14H19N3O2/c1-16-14-5-3-2-4-12(14)13(15-16)8-17-6-7-19-10-11(17)9-18/h2-5,11,18H,6-10H2,1H3. The van der Waals surface area contributed by atoms with Gasteiger partial charge in [-0.1, -0.05) is 18.2 Å². The Hall–Kier alpha value is -1.43. The summed E-state index contributed by atoms with van der Waals surface area (Å²) in [5, 5.41) is 15.2. The number of aromatic nitrogens is 2. The van der Waals surface area contributed by atoms with Gasteiger partial charge in [-0.05, 0) is 6.07 Å². The smallest absolute Gasteiger partial charge is 0.0843 e. The Morgan fingerprint density at radius 3 is 3.11 bits per heavy atom. The molecule has 0 radical (unpaired) electrons. The number of aryl methyl sites for hydroxylation is 1. The topological polar surface area (TPSA) is 50.5 Å². The predicted octanol–water partition coefficient (Wildman–Crippen LogP) is 0.766. The van der Waals surface area contributed by atoms with Crippen molar-refractivity contribution < 1.29 is 9.84 Å². The molecule has 1 aromatic heterocycles. The maximum absolute atomic E-state index is 9.41. The molecule has 1 N–H and O–H groups in total. The molecule has 3 rings (SSSR count). The molecule has 0 aliphatic carbocycles. The van der Waals surface area contributed by atoms with E-state index in [1.54, 1.807) is 0 Å². The highest BCUT2D eigenvalue weighted by atomic mass is 16.5. The summed E-state index contributed by atoms with van der Waals surface area (Å²) in [4.78, 5) is 2.25. The van der Waals surface area contributed by atoms with Crippen molar-refractivity contribution in [2.24, 2.45) is 7.05 Å². The Morgan fingerprint density at radius 1 is 1.42 bits per heavy atom. The van der Waals surface area contributed by atoms with Crippen molar-refractivity contribution in [3.63, 3.8) is 0 Å². The van der Waals surface area contributed by atoms with E-state index >= 15 is 0 Å². The van der Waals surface area contributed by atoms with Gasteiger partial charge in [0.1, 0.15) is 0 Å². The molecule has 1 atom stereocenters. The lowest BCUT2D eigenvalue weighted by atomic mass is 10.1. The number of hydrogen-bond acceptors (Lipinski definition) is 4. The Kier molecular flexibility index (Phi) is 3.50. The van der Waals surface area contributed by atoms with Gasteiger partial charge in [0, 0.05) is 25.5 Å². The van der Waals surface area contributed by atoms with E-state index in [1.165, 1.54) is 5.39 Å². The second-order valence-corrected chi connectivity index (χ2v) is 4.97. The summed E-state index contributed by atoms with van der Waals surface area (Å²) < 4.78 is 7.32. The Balaban J connectivity index is 1.88. The average Bonchev–Trinajstić information content (AvgIpc) is 2.77. The molecule has 2 heterocycles. The third-order valence-corrected chi connectivity index (χ3v) is 3.75. The fourth-order valence-electron chi connectivity index (χ4n) is 2.66. The zero-order valence-electron chi connectivity index (χ0n) is 11.1. The number of para-hydroxylation sites is 1. The Morgan fingerprint density at radius 2 is 2.26 bits per heavy atom. The molecular formula is C14H19N3O2. The minimum atomic E-state index is 0.0783. The largest absolute Gasteiger partial charge is 0.395 e. The summed E-state index contributed by atoms with van der Waals surface area (Å²) in [6.07, 6.45) is 0. The van der Waals surface area contributed by atoms with E-state index in [2.05, 4.69) is 22.1 Å². The van der Waals surface area contributed by atoms with Crippen molar-refractivity contribution in [2.45, 2.75) is 12.6 Å². The van der Waals surface area contributed by atoms with Gasteiger partial charge in [0.25, 0.3) is 0 Å². The highest BCUT2D eigenvalue weighted by Gasteiger charge is 2.23. The van der Waals surface area contributed by atoms with Crippen molar-refractivity contribution in [3.8, 4) is 0 Å². The molecule has 1 aromatic carbocycles. The van der Waals surface area contributed by atoms with Crippen LogP contribution in [0, 0.1) is 0 Å². The molecule has 1 aliphatic heterocycles. The average molecular weight is 261 g/mol. The van der Waals surface area contributed by atoms with E-state index < -0.39 is 0 Å². The Labute approximate surface area is 112 Å². The van der Waals surface area contributed by atoms with E-state index in [1.807, 2.05) is 23.9 Å². The first-order valence-electron chi connectivity index (χ1n) is 6.63. The van der Waals surface area contributed by atoms with Crippen LogP contribution in [0.25, 0.3) is 10.9 Å². The number of aliphatic hydroxyl groups is 1. The van der Waals surface area contributed by atoms with Crippen LogP contribution in [-0.2, 0) is 18.3 Å². The first kappa shape index (κ1) is 12.6.